The molecule has 0 aliphatic carbocycles. The van der Waals surface area contributed by atoms with Crippen LogP contribution in [0.5, 0.6) is 0 Å². The van der Waals surface area contributed by atoms with Crippen LogP contribution in [0, 0.1) is 10.1 Å². The van der Waals surface area contributed by atoms with Crippen molar-refractivity contribution in [3.05, 3.63) is 34.1 Å². The van der Waals surface area contributed by atoms with E-state index in [9.17, 15) is 10.1 Å². The van der Waals surface area contributed by atoms with Gasteiger partial charge in [-0.1, -0.05) is 0 Å². The van der Waals surface area contributed by atoms with E-state index in [2.05, 4.69) is 4.98 Å². The Bertz CT molecular complexity index is 301. The maximum Gasteiger partial charge on any atom is 0.290 e. The average Bonchev–Trinajstić information content (AvgIpc) is 2.15. The van der Waals surface area contributed by atoms with E-state index < -0.39 is 4.92 Å². The second-order valence-electron chi connectivity index (χ2n) is 2.65. The number of hydrogen-bond donors (Lipinski definition) is 1. The van der Waals surface area contributed by atoms with Gasteiger partial charge in [-0.2, -0.15) is 0 Å². The van der Waals surface area contributed by atoms with Crippen molar-refractivity contribution in [2.75, 3.05) is 6.54 Å². The van der Waals surface area contributed by atoms with E-state index in [0.717, 1.165) is 6.42 Å². The predicted octanol–water partition coefficient (Wildman–Crippen LogP) is 0.881. The highest BCUT2D eigenvalue weighted by Gasteiger charge is 2.11. The monoisotopic (exact) mass is 181 g/mol. The smallest absolute Gasteiger partial charge is 0.290 e. The Morgan fingerprint density at radius 2 is 2.38 bits per heavy atom. The average molecular weight is 181 g/mol. The summed E-state index contributed by atoms with van der Waals surface area (Å²) in [5.41, 5.74) is 6.10. The Labute approximate surface area is 75.7 Å². The van der Waals surface area contributed by atoms with E-state index in [4.69, 9.17) is 5.73 Å². The van der Waals surface area contributed by atoms with Crippen LogP contribution in [0.1, 0.15) is 12.0 Å². The van der Waals surface area contributed by atoms with E-state index in [-0.39, 0.29) is 5.69 Å². The van der Waals surface area contributed by atoms with Gasteiger partial charge < -0.3 is 5.73 Å². The molecule has 5 nitrogen and oxygen atoms in total. The minimum Gasteiger partial charge on any atom is -0.330 e. The number of nitrogens with zero attached hydrogens (tertiary/aromatic N) is 2. The van der Waals surface area contributed by atoms with Crippen molar-refractivity contribution >= 4 is 5.69 Å². The van der Waals surface area contributed by atoms with Crippen LogP contribution in [0.4, 0.5) is 5.69 Å². The van der Waals surface area contributed by atoms with Crippen molar-refractivity contribution in [2.24, 2.45) is 5.73 Å². The number of nitro groups is 1. The highest BCUT2D eigenvalue weighted by Crippen LogP contribution is 2.17. The van der Waals surface area contributed by atoms with Crippen LogP contribution < -0.4 is 5.73 Å². The maximum absolute atomic E-state index is 10.5. The zero-order chi connectivity index (χ0) is 9.68. The lowest BCUT2D eigenvalue weighted by molar-refractivity contribution is -0.385. The molecule has 1 aromatic rings. The summed E-state index contributed by atoms with van der Waals surface area (Å²) in [4.78, 5) is 13.8. The summed E-state index contributed by atoms with van der Waals surface area (Å²) in [5, 5.41) is 10.5. The Balaban J connectivity index is 2.84. The molecule has 0 amide bonds. The van der Waals surface area contributed by atoms with Crippen LogP contribution in [-0.4, -0.2) is 16.5 Å². The van der Waals surface area contributed by atoms with Crippen molar-refractivity contribution in [1.82, 2.24) is 4.98 Å². The fourth-order valence-electron chi connectivity index (χ4n) is 1.08. The molecule has 13 heavy (non-hydrogen) atoms. The first-order valence-electron chi connectivity index (χ1n) is 4.03. The quantitative estimate of drug-likeness (QED) is 0.552. The molecule has 70 valence electrons. The highest BCUT2D eigenvalue weighted by molar-refractivity contribution is 5.36. The van der Waals surface area contributed by atoms with Gasteiger partial charge in [0.2, 0.25) is 0 Å². The first kappa shape index (κ1) is 9.60. The normalized spacial score (nSPS) is 9.92. The van der Waals surface area contributed by atoms with Gasteiger partial charge in [-0.3, -0.25) is 15.1 Å². The van der Waals surface area contributed by atoms with Crippen molar-refractivity contribution in [3.63, 3.8) is 0 Å². The molecule has 0 aliphatic heterocycles. The molecule has 1 heterocycles. The maximum atomic E-state index is 10.5. The highest BCUT2D eigenvalue weighted by atomic mass is 16.6. The second kappa shape index (κ2) is 4.51. The van der Waals surface area contributed by atoms with Gasteiger partial charge in [-0.25, -0.2) is 0 Å². The molecule has 0 fully saturated rings. The van der Waals surface area contributed by atoms with E-state index in [1.165, 1.54) is 6.20 Å². The Kier molecular flexibility index (Phi) is 3.33. The molecule has 0 radical (unpaired) electrons. The molecule has 0 saturated heterocycles. The zero-order valence-corrected chi connectivity index (χ0v) is 7.14. The van der Waals surface area contributed by atoms with Crippen LogP contribution in [0.15, 0.2) is 18.5 Å². The fourth-order valence-corrected chi connectivity index (χ4v) is 1.08. The third kappa shape index (κ3) is 2.48. The van der Waals surface area contributed by atoms with Gasteiger partial charge in [0.1, 0.15) is 6.20 Å². The van der Waals surface area contributed by atoms with Gasteiger partial charge in [0.25, 0.3) is 5.69 Å². The lowest BCUT2D eigenvalue weighted by Crippen LogP contribution is -2.02. The van der Waals surface area contributed by atoms with Gasteiger partial charge in [0.05, 0.1) is 4.92 Å². The summed E-state index contributed by atoms with van der Waals surface area (Å²) >= 11 is 0. The summed E-state index contributed by atoms with van der Waals surface area (Å²) in [6, 6.07) is 1.66. The van der Waals surface area contributed by atoms with Crippen molar-refractivity contribution < 1.29 is 4.92 Å². The van der Waals surface area contributed by atoms with Gasteiger partial charge >= 0.3 is 0 Å². The predicted molar refractivity (Wildman–Crippen MR) is 48.3 cm³/mol. The largest absolute Gasteiger partial charge is 0.330 e. The summed E-state index contributed by atoms with van der Waals surface area (Å²) < 4.78 is 0. The summed E-state index contributed by atoms with van der Waals surface area (Å²) in [6.07, 6.45) is 4.21. The third-order valence-electron chi connectivity index (χ3n) is 1.73. The molecule has 0 spiro atoms. The summed E-state index contributed by atoms with van der Waals surface area (Å²) in [7, 11) is 0. The van der Waals surface area contributed by atoms with Crippen LogP contribution in [0.25, 0.3) is 0 Å². The van der Waals surface area contributed by atoms with Crippen LogP contribution in [0.2, 0.25) is 0 Å². The molecule has 5 heteroatoms. The SMILES string of the molecule is NCCCc1ccncc1[N+](=O)[O-]. The number of nitrogens with two attached hydrogens (primary N) is 1. The molecule has 2 N–H and O–H groups in total. The topological polar surface area (TPSA) is 82.0 Å². The summed E-state index contributed by atoms with van der Waals surface area (Å²) in [5.74, 6) is 0. The van der Waals surface area contributed by atoms with E-state index in [1.807, 2.05) is 0 Å². The van der Waals surface area contributed by atoms with Gasteiger partial charge in [0.15, 0.2) is 0 Å². The third-order valence-corrected chi connectivity index (χ3v) is 1.73. The molecule has 0 aliphatic rings. The number of aryl methyl sites for hydroxylation is 1. The molecular weight excluding hydrogens is 170 g/mol. The Morgan fingerprint density at radius 1 is 1.62 bits per heavy atom. The van der Waals surface area contributed by atoms with Crippen molar-refractivity contribution in [1.29, 1.82) is 0 Å². The molecule has 0 bridgehead atoms. The zero-order valence-electron chi connectivity index (χ0n) is 7.14. The number of rotatable bonds is 4. The fraction of sp³-hybridized carbons (Fsp3) is 0.375. The lowest BCUT2D eigenvalue weighted by atomic mass is 10.1. The minimum atomic E-state index is -0.418. The molecule has 0 saturated carbocycles. The Morgan fingerprint density at radius 3 is 3.00 bits per heavy atom. The minimum absolute atomic E-state index is 0.0796. The molecule has 0 aromatic carbocycles. The lowest BCUT2D eigenvalue weighted by Gasteiger charge is -1.99. The molecule has 1 aromatic heterocycles. The van der Waals surface area contributed by atoms with Crippen LogP contribution in [0.3, 0.4) is 0 Å². The second-order valence-corrected chi connectivity index (χ2v) is 2.65. The van der Waals surface area contributed by atoms with Crippen molar-refractivity contribution in [3.8, 4) is 0 Å². The van der Waals surface area contributed by atoms with Crippen LogP contribution >= 0.6 is 0 Å². The number of aromatic nitrogens is 1. The van der Waals surface area contributed by atoms with Gasteiger partial charge in [-0.15, -0.1) is 0 Å². The van der Waals surface area contributed by atoms with E-state index in [1.54, 1.807) is 12.3 Å². The van der Waals surface area contributed by atoms with Gasteiger partial charge in [0, 0.05) is 11.8 Å². The first-order valence-corrected chi connectivity index (χ1v) is 4.03. The molecule has 0 unspecified atom stereocenters. The number of pyridine rings is 1. The summed E-state index contributed by atoms with van der Waals surface area (Å²) in [6.45, 7) is 0.541. The molecular formula is C8H11N3O2. The molecule has 1 rings (SSSR count). The Hall–Kier alpha value is -1.49. The van der Waals surface area contributed by atoms with E-state index in [0.29, 0.717) is 18.5 Å². The standard InChI is InChI=1S/C8H11N3O2/c9-4-1-2-7-3-5-10-6-8(7)11(12)13/h3,5-6H,1-2,4,9H2. The first-order chi connectivity index (χ1) is 6.25. The van der Waals surface area contributed by atoms with Gasteiger partial charge in [-0.05, 0) is 25.5 Å². The molecule has 0 atom stereocenters. The van der Waals surface area contributed by atoms with Crippen LogP contribution in [-0.2, 0) is 6.42 Å². The number of hydrogen-bond acceptors (Lipinski definition) is 4. The van der Waals surface area contributed by atoms with E-state index >= 15 is 0 Å². The van der Waals surface area contributed by atoms with Crippen molar-refractivity contribution in [2.45, 2.75) is 12.8 Å².